The van der Waals surface area contributed by atoms with Crippen molar-refractivity contribution in [2.75, 3.05) is 26.7 Å². The first-order valence-corrected chi connectivity index (χ1v) is 7.05. The Bertz CT molecular complexity index is 413. The van der Waals surface area contributed by atoms with Gasteiger partial charge in [0, 0.05) is 19.0 Å². The molecule has 1 atom stereocenters. The quantitative estimate of drug-likeness (QED) is 0.816. The molecule has 1 heterocycles. The molecule has 3 heteroatoms. The number of methoxy groups -OCH3 is 1. The number of ether oxygens (including phenoxy) is 1. The van der Waals surface area contributed by atoms with Crippen molar-refractivity contribution in [1.82, 2.24) is 4.90 Å². The third-order valence-electron chi connectivity index (χ3n) is 3.96. The molecule has 2 rings (SSSR count). The van der Waals surface area contributed by atoms with Gasteiger partial charge in [-0.3, -0.25) is 4.79 Å². The van der Waals surface area contributed by atoms with Crippen molar-refractivity contribution in [3.8, 4) is 5.75 Å². The van der Waals surface area contributed by atoms with Gasteiger partial charge in [-0.2, -0.15) is 0 Å². The maximum Gasteiger partial charge on any atom is 0.134 e. The van der Waals surface area contributed by atoms with Gasteiger partial charge < -0.3 is 9.64 Å². The minimum atomic E-state index is 0.254. The third-order valence-corrected chi connectivity index (χ3v) is 3.96. The minimum Gasteiger partial charge on any atom is -0.497 e. The maximum atomic E-state index is 11.4. The number of hydrogen-bond donors (Lipinski definition) is 0. The van der Waals surface area contributed by atoms with Crippen molar-refractivity contribution in [1.29, 1.82) is 0 Å². The first-order valence-electron chi connectivity index (χ1n) is 7.05. The number of likely N-dealkylation sites (tertiary alicyclic amines) is 1. The van der Waals surface area contributed by atoms with Gasteiger partial charge in [0.15, 0.2) is 0 Å². The number of nitrogens with zero attached hydrogens (tertiary/aromatic N) is 1. The lowest BCUT2D eigenvalue weighted by Crippen LogP contribution is -2.39. The van der Waals surface area contributed by atoms with E-state index in [9.17, 15) is 4.79 Å². The predicted molar refractivity (Wildman–Crippen MR) is 76.5 cm³/mol. The van der Waals surface area contributed by atoms with Gasteiger partial charge in [0.1, 0.15) is 11.5 Å². The number of Topliss-reactive ketones (excluding diaryl/α,β-unsaturated/α-hetero) is 1. The van der Waals surface area contributed by atoms with Crippen LogP contribution in [0.3, 0.4) is 0 Å². The topological polar surface area (TPSA) is 29.5 Å². The Hall–Kier alpha value is -1.35. The highest BCUT2D eigenvalue weighted by molar-refractivity contribution is 5.78. The molecule has 1 saturated heterocycles. The molecule has 1 unspecified atom stereocenters. The summed E-state index contributed by atoms with van der Waals surface area (Å²) < 4.78 is 5.16. The first kappa shape index (κ1) is 14.1. The SMILES string of the molecule is COc1ccc(CCN2CCCC(C(C)=O)C2)cc1. The fourth-order valence-corrected chi connectivity index (χ4v) is 2.67. The number of carbonyl (C=O) groups excluding carboxylic acids is 1. The molecule has 0 spiro atoms. The van der Waals surface area contributed by atoms with E-state index in [4.69, 9.17) is 4.74 Å². The molecule has 1 aliphatic rings. The van der Waals surface area contributed by atoms with Crippen LogP contribution >= 0.6 is 0 Å². The fourth-order valence-electron chi connectivity index (χ4n) is 2.67. The molecule has 1 aliphatic heterocycles. The average Bonchev–Trinajstić information content (AvgIpc) is 2.46. The molecular formula is C16H23NO2. The molecule has 0 bridgehead atoms. The zero-order valence-corrected chi connectivity index (χ0v) is 11.9. The lowest BCUT2D eigenvalue weighted by Gasteiger charge is -2.31. The Morgan fingerprint density at radius 3 is 2.74 bits per heavy atom. The molecule has 104 valence electrons. The molecule has 0 aromatic heterocycles. The van der Waals surface area contributed by atoms with Crippen LogP contribution in [0.4, 0.5) is 0 Å². The molecule has 0 saturated carbocycles. The highest BCUT2D eigenvalue weighted by atomic mass is 16.5. The van der Waals surface area contributed by atoms with E-state index in [0.29, 0.717) is 5.78 Å². The van der Waals surface area contributed by atoms with Gasteiger partial charge in [-0.1, -0.05) is 12.1 Å². The smallest absolute Gasteiger partial charge is 0.134 e. The monoisotopic (exact) mass is 261 g/mol. The van der Waals surface area contributed by atoms with Crippen LogP contribution in [0.25, 0.3) is 0 Å². The molecule has 0 amide bonds. The maximum absolute atomic E-state index is 11.4. The molecule has 0 aliphatic carbocycles. The van der Waals surface area contributed by atoms with Crippen LogP contribution in [0.5, 0.6) is 5.75 Å². The average molecular weight is 261 g/mol. The normalized spacial score (nSPS) is 20.2. The number of hydrogen-bond acceptors (Lipinski definition) is 3. The van der Waals surface area contributed by atoms with Crippen molar-refractivity contribution in [3.63, 3.8) is 0 Å². The molecule has 1 aromatic carbocycles. The van der Waals surface area contributed by atoms with Crippen LogP contribution in [-0.2, 0) is 11.2 Å². The van der Waals surface area contributed by atoms with Crippen molar-refractivity contribution < 1.29 is 9.53 Å². The second kappa shape index (κ2) is 6.71. The molecule has 0 N–H and O–H groups in total. The summed E-state index contributed by atoms with van der Waals surface area (Å²) in [7, 11) is 1.69. The van der Waals surface area contributed by atoms with Gasteiger partial charge in [0.05, 0.1) is 7.11 Å². The summed E-state index contributed by atoms with van der Waals surface area (Å²) in [4.78, 5) is 13.9. The molecular weight excluding hydrogens is 238 g/mol. The van der Waals surface area contributed by atoms with Crippen LogP contribution in [0.1, 0.15) is 25.3 Å². The molecule has 19 heavy (non-hydrogen) atoms. The summed E-state index contributed by atoms with van der Waals surface area (Å²) in [6, 6.07) is 8.24. The summed E-state index contributed by atoms with van der Waals surface area (Å²) >= 11 is 0. The lowest BCUT2D eigenvalue weighted by molar-refractivity contribution is -0.122. The van der Waals surface area contributed by atoms with Crippen LogP contribution in [0.2, 0.25) is 0 Å². The van der Waals surface area contributed by atoms with Crippen LogP contribution in [-0.4, -0.2) is 37.4 Å². The Labute approximate surface area is 115 Å². The molecule has 0 radical (unpaired) electrons. The number of piperidine rings is 1. The van der Waals surface area contributed by atoms with Crippen LogP contribution in [0.15, 0.2) is 24.3 Å². The van der Waals surface area contributed by atoms with Crippen molar-refractivity contribution in [2.45, 2.75) is 26.2 Å². The predicted octanol–water partition coefficient (Wildman–Crippen LogP) is 2.54. The van der Waals surface area contributed by atoms with E-state index >= 15 is 0 Å². The van der Waals surface area contributed by atoms with Gasteiger partial charge in [0.2, 0.25) is 0 Å². The molecule has 1 aromatic rings. The van der Waals surface area contributed by atoms with Crippen molar-refractivity contribution >= 4 is 5.78 Å². The Morgan fingerprint density at radius 1 is 1.37 bits per heavy atom. The summed E-state index contributed by atoms with van der Waals surface area (Å²) in [5.74, 6) is 1.50. The van der Waals surface area contributed by atoms with Gasteiger partial charge >= 0.3 is 0 Å². The molecule has 1 fully saturated rings. The van der Waals surface area contributed by atoms with Gasteiger partial charge in [-0.25, -0.2) is 0 Å². The van der Waals surface area contributed by atoms with Crippen LogP contribution < -0.4 is 4.74 Å². The number of carbonyl (C=O) groups is 1. The summed E-state index contributed by atoms with van der Waals surface area (Å²) in [5, 5.41) is 0. The highest BCUT2D eigenvalue weighted by Crippen LogP contribution is 2.18. The first-order chi connectivity index (χ1) is 9.19. The minimum absolute atomic E-state index is 0.254. The summed E-state index contributed by atoms with van der Waals surface area (Å²) in [5.41, 5.74) is 1.32. The van der Waals surface area contributed by atoms with Crippen molar-refractivity contribution in [3.05, 3.63) is 29.8 Å². The largest absolute Gasteiger partial charge is 0.497 e. The second-order valence-corrected chi connectivity index (χ2v) is 5.35. The zero-order valence-electron chi connectivity index (χ0n) is 11.9. The Kier molecular flexibility index (Phi) is 4.97. The number of rotatable bonds is 5. The van der Waals surface area contributed by atoms with Gasteiger partial charge in [-0.15, -0.1) is 0 Å². The van der Waals surface area contributed by atoms with E-state index < -0.39 is 0 Å². The van der Waals surface area contributed by atoms with Crippen LogP contribution in [0, 0.1) is 5.92 Å². The molecule has 3 nitrogen and oxygen atoms in total. The van der Waals surface area contributed by atoms with Gasteiger partial charge in [0.25, 0.3) is 0 Å². The van der Waals surface area contributed by atoms with E-state index in [-0.39, 0.29) is 5.92 Å². The highest BCUT2D eigenvalue weighted by Gasteiger charge is 2.22. The second-order valence-electron chi connectivity index (χ2n) is 5.35. The van der Waals surface area contributed by atoms with E-state index in [1.165, 1.54) is 5.56 Å². The lowest BCUT2D eigenvalue weighted by atomic mass is 9.94. The number of ketones is 1. The van der Waals surface area contributed by atoms with E-state index in [1.807, 2.05) is 12.1 Å². The fraction of sp³-hybridized carbons (Fsp3) is 0.562. The standard InChI is InChI=1S/C16H23NO2/c1-13(18)15-4-3-10-17(12-15)11-9-14-5-7-16(19-2)8-6-14/h5-8,15H,3-4,9-12H2,1-2H3. The summed E-state index contributed by atoms with van der Waals surface area (Å²) in [6.45, 7) is 4.82. The number of benzene rings is 1. The van der Waals surface area contributed by atoms with Crippen molar-refractivity contribution in [2.24, 2.45) is 5.92 Å². The summed E-state index contributed by atoms with van der Waals surface area (Å²) in [6.07, 6.45) is 3.25. The van der Waals surface area contributed by atoms with E-state index in [1.54, 1.807) is 14.0 Å². The Morgan fingerprint density at radius 2 is 2.11 bits per heavy atom. The van der Waals surface area contributed by atoms with Gasteiger partial charge in [-0.05, 0) is 50.4 Å². The van der Waals surface area contributed by atoms with E-state index in [0.717, 1.165) is 44.6 Å². The Balaban J connectivity index is 1.82. The third kappa shape index (κ3) is 4.06. The van der Waals surface area contributed by atoms with E-state index in [2.05, 4.69) is 17.0 Å². The zero-order chi connectivity index (χ0) is 13.7.